The molecule has 1 aliphatic heterocycles. The van der Waals surface area contributed by atoms with Gasteiger partial charge in [0, 0.05) is 16.6 Å². The molecule has 0 bridgehead atoms. The van der Waals surface area contributed by atoms with Crippen LogP contribution in [-0.4, -0.2) is 41.1 Å². The van der Waals surface area contributed by atoms with Crippen LogP contribution >= 0.6 is 11.6 Å². The zero-order valence-corrected chi connectivity index (χ0v) is 17.5. The highest BCUT2D eigenvalue weighted by Crippen LogP contribution is 2.46. The number of hydrogen-bond donors (Lipinski definition) is 2. The number of aliphatic carboxylic acids is 1. The van der Waals surface area contributed by atoms with Crippen molar-refractivity contribution in [1.29, 1.82) is 5.26 Å². The van der Waals surface area contributed by atoms with Crippen LogP contribution in [-0.2, 0) is 14.3 Å². The highest BCUT2D eigenvalue weighted by molar-refractivity contribution is 6.30. The average Bonchev–Trinajstić information content (AvgIpc) is 3.06. The van der Waals surface area contributed by atoms with Gasteiger partial charge in [-0.1, -0.05) is 36.7 Å². The molecule has 1 heterocycles. The summed E-state index contributed by atoms with van der Waals surface area (Å²) < 4.78 is 4.93. The molecule has 2 aromatic rings. The van der Waals surface area contributed by atoms with Crippen LogP contribution in [0, 0.1) is 23.2 Å². The summed E-state index contributed by atoms with van der Waals surface area (Å²) in [4.78, 5) is 39.2. The van der Waals surface area contributed by atoms with E-state index < -0.39 is 41.9 Å². The molecule has 1 saturated heterocycles. The molecule has 9 heteroatoms. The van der Waals surface area contributed by atoms with Gasteiger partial charge in [-0.25, -0.2) is 9.59 Å². The molecule has 0 spiro atoms. The molecule has 0 aromatic heterocycles. The van der Waals surface area contributed by atoms with E-state index >= 15 is 0 Å². The van der Waals surface area contributed by atoms with Crippen LogP contribution in [0.5, 0.6) is 0 Å². The maximum Gasteiger partial charge on any atom is 0.326 e. The number of nitrogens with one attached hydrogen (secondary N) is 1. The Labute approximate surface area is 184 Å². The van der Waals surface area contributed by atoms with E-state index in [1.54, 1.807) is 49.4 Å². The second-order valence-electron chi connectivity index (χ2n) is 7.22. The average molecular weight is 442 g/mol. The van der Waals surface area contributed by atoms with Crippen molar-refractivity contribution in [2.45, 2.75) is 19.0 Å². The minimum atomic E-state index is -1.27. The quantitative estimate of drug-likeness (QED) is 0.698. The predicted octanol–water partition coefficient (Wildman–Crippen LogP) is 3.68. The van der Waals surface area contributed by atoms with E-state index in [4.69, 9.17) is 21.6 Å². The first-order valence-electron chi connectivity index (χ1n) is 9.44. The topological polar surface area (TPSA) is 120 Å². The van der Waals surface area contributed by atoms with Crippen molar-refractivity contribution in [2.75, 3.05) is 12.4 Å². The van der Waals surface area contributed by atoms with E-state index in [9.17, 15) is 19.5 Å². The highest BCUT2D eigenvalue weighted by Gasteiger charge is 2.56. The lowest BCUT2D eigenvalue weighted by Crippen LogP contribution is -2.45. The molecule has 2 N–H and O–H groups in total. The molecule has 0 saturated carbocycles. The second-order valence-corrected chi connectivity index (χ2v) is 7.65. The predicted molar refractivity (Wildman–Crippen MR) is 112 cm³/mol. The third-order valence-electron chi connectivity index (χ3n) is 5.42. The smallest absolute Gasteiger partial charge is 0.326 e. The van der Waals surface area contributed by atoms with Gasteiger partial charge >= 0.3 is 18.0 Å². The van der Waals surface area contributed by atoms with Crippen molar-refractivity contribution in [3.05, 3.63) is 64.7 Å². The van der Waals surface area contributed by atoms with Crippen molar-refractivity contribution >= 4 is 35.3 Å². The third-order valence-corrected chi connectivity index (χ3v) is 5.66. The first kappa shape index (κ1) is 22.1. The molecule has 160 valence electrons. The molecular weight excluding hydrogens is 422 g/mol. The zero-order chi connectivity index (χ0) is 22.7. The van der Waals surface area contributed by atoms with Crippen molar-refractivity contribution in [3.8, 4) is 6.07 Å². The largest absolute Gasteiger partial charge is 0.480 e. The van der Waals surface area contributed by atoms with Gasteiger partial charge in [-0.05, 0) is 35.9 Å². The molecule has 2 amide bonds. The van der Waals surface area contributed by atoms with Crippen LogP contribution in [0.3, 0.4) is 0 Å². The summed E-state index contributed by atoms with van der Waals surface area (Å²) >= 11 is 5.98. The summed E-state index contributed by atoms with van der Waals surface area (Å²) in [5, 5.41) is 22.0. The molecule has 1 aliphatic rings. The Balaban J connectivity index is 2.08. The molecule has 4 atom stereocenters. The van der Waals surface area contributed by atoms with Gasteiger partial charge in [0.2, 0.25) is 0 Å². The van der Waals surface area contributed by atoms with Crippen LogP contribution in [0.2, 0.25) is 5.02 Å². The van der Waals surface area contributed by atoms with Crippen LogP contribution in [0.25, 0.3) is 0 Å². The SMILES string of the molecule is COC(=O)C1C(C)C(C(=O)O)N(C(=O)Nc2cccc(Cl)c2)C1c1ccc(C#N)cc1. The van der Waals surface area contributed by atoms with Crippen LogP contribution in [0.1, 0.15) is 24.1 Å². The van der Waals surface area contributed by atoms with E-state index in [0.717, 1.165) is 4.90 Å². The number of methoxy groups -OCH3 is 1. The minimum Gasteiger partial charge on any atom is -0.480 e. The summed E-state index contributed by atoms with van der Waals surface area (Å²) in [5.74, 6) is -3.50. The van der Waals surface area contributed by atoms with Crippen molar-refractivity contribution in [1.82, 2.24) is 4.90 Å². The Kier molecular flexibility index (Phi) is 6.47. The molecule has 4 unspecified atom stereocenters. The molecule has 1 fully saturated rings. The van der Waals surface area contributed by atoms with Gasteiger partial charge in [-0.15, -0.1) is 0 Å². The maximum atomic E-state index is 13.3. The number of amides is 2. The summed E-state index contributed by atoms with van der Waals surface area (Å²) in [6.07, 6.45) is 0. The van der Waals surface area contributed by atoms with Gasteiger partial charge in [0.15, 0.2) is 0 Å². The fourth-order valence-corrected chi connectivity index (χ4v) is 4.23. The Morgan fingerprint density at radius 3 is 2.42 bits per heavy atom. The van der Waals surface area contributed by atoms with E-state index in [2.05, 4.69) is 5.32 Å². The highest BCUT2D eigenvalue weighted by atomic mass is 35.5. The number of hydrogen-bond acceptors (Lipinski definition) is 5. The van der Waals surface area contributed by atoms with Gasteiger partial charge in [0.25, 0.3) is 0 Å². The lowest BCUT2D eigenvalue weighted by molar-refractivity contribution is -0.147. The number of nitrogens with zero attached hydrogens (tertiary/aromatic N) is 2. The maximum absolute atomic E-state index is 13.3. The van der Waals surface area contributed by atoms with Crippen molar-refractivity contribution < 1.29 is 24.2 Å². The number of rotatable bonds is 4. The Hall–Kier alpha value is -3.57. The molecule has 2 aromatic carbocycles. The van der Waals surface area contributed by atoms with Crippen molar-refractivity contribution in [3.63, 3.8) is 0 Å². The lowest BCUT2D eigenvalue weighted by Gasteiger charge is -2.30. The standard InChI is InChI=1S/C22H20ClN3O5/c1-12-17(21(29)31-2)19(14-8-6-13(11-24)7-9-14)26(18(12)20(27)28)22(30)25-16-5-3-4-15(23)10-16/h3-10,12,17-19H,1-2H3,(H,25,30)(H,27,28). The van der Waals surface area contributed by atoms with Crippen LogP contribution < -0.4 is 5.32 Å². The number of carbonyl (C=O) groups is 3. The monoisotopic (exact) mass is 441 g/mol. The number of halogens is 1. The normalized spacial score (nSPS) is 22.5. The zero-order valence-electron chi connectivity index (χ0n) is 16.8. The number of nitriles is 1. The first-order chi connectivity index (χ1) is 14.8. The number of likely N-dealkylation sites (tertiary alicyclic amines) is 1. The molecule has 0 aliphatic carbocycles. The lowest BCUT2D eigenvalue weighted by atomic mass is 9.85. The number of urea groups is 1. The third kappa shape index (κ3) is 4.32. The van der Waals surface area contributed by atoms with Crippen LogP contribution in [0.15, 0.2) is 48.5 Å². The summed E-state index contributed by atoms with van der Waals surface area (Å²) in [7, 11) is 1.22. The summed E-state index contributed by atoms with van der Waals surface area (Å²) in [5.41, 5.74) is 1.30. The molecule has 0 radical (unpaired) electrons. The fourth-order valence-electron chi connectivity index (χ4n) is 4.04. The second kappa shape index (κ2) is 9.06. The number of carboxylic acid groups (broad SMARTS) is 1. The Morgan fingerprint density at radius 2 is 1.87 bits per heavy atom. The number of benzene rings is 2. The van der Waals surface area contributed by atoms with Gasteiger partial charge < -0.3 is 20.1 Å². The van der Waals surface area contributed by atoms with Crippen LogP contribution in [0.4, 0.5) is 10.5 Å². The molecule has 8 nitrogen and oxygen atoms in total. The van der Waals surface area contributed by atoms with E-state index in [0.29, 0.717) is 21.8 Å². The number of ether oxygens (including phenoxy) is 1. The Morgan fingerprint density at radius 1 is 1.19 bits per heavy atom. The van der Waals surface area contributed by atoms with E-state index in [1.165, 1.54) is 13.2 Å². The van der Waals surface area contributed by atoms with Crippen molar-refractivity contribution in [2.24, 2.45) is 11.8 Å². The first-order valence-corrected chi connectivity index (χ1v) is 9.82. The number of carbonyl (C=O) groups excluding carboxylic acids is 2. The molecule has 3 rings (SSSR count). The molecular formula is C22H20ClN3O5. The number of esters is 1. The van der Waals surface area contributed by atoms with Gasteiger partial charge in [0.1, 0.15) is 6.04 Å². The number of carboxylic acids is 1. The Bertz CT molecular complexity index is 1050. The number of anilines is 1. The van der Waals surface area contributed by atoms with E-state index in [1.807, 2.05) is 6.07 Å². The molecule has 31 heavy (non-hydrogen) atoms. The van der Waals surface area contributed by atoms with Gasteiger partial charge in [0.05, 0.1) is 30.7 Å². The van der Waals surface area contributed by atoms with Gasteiger partial charge in [-0.3, -0.25) is 4.79 Å². The minimum absolute atomic E-state index is 0.384. The van der Waals surface area contributed by atoms with E-state index in [-0.39, 0.29) is 0 Å². The fraction of sp³-hybridized carbons (Fsp3) is 0.273. The summed E-state index contributed by atoms with van der Waals surface area (Å²) in [6.45, 7) is 1.60. The van der Waals surface area contributed by atoms with Gasteiger partial charge in [-0.2, -0.15) is 5.26 Å². The summed E-state index contributed by atoms with van der Waals surface area (Å²) in [6, 6.07) is 11.9.